The van der Waals surface area contributed by atoms with E-state index in [-0.39, 0.29) is 30.2 Å². The molecule has 26 heavy (non-hydrogen) atoms. The summed E-state index contributed by atoms with van der Waals surface area (Å²) >= 11 is 0. The molecular weight excluding hydrogens is 351 g/mol. The number of furan rings is 1. The highest BCUT2D eigenvalue weighted by Crippen LogP contribution is 2.29. The van der Waals surface area contributed by atoms with Gasteiger partial charge in [-0.1, -0.05) is 19.1 Å². The van der Waals surface area contributed by atoms with Crippen molar-refractivity contribution < 1.29 is 32.3 Å². The van der Waals surface area contributed by atoms with E-state index in [1.807, 2.05) is 0 Å². The fourth-order valence-corrected chi connectivity index (χ4v) is 2.47. The molecule has 1 heterocycles. The number of rotatable bonds is 6. The van der Waals surface area contributed by atoms with Crippen molar-refractivity contribution in [3.63, 3.8) is 0 Å². The Morgan fingerprint density at radius 3 is 2.35 bits per heavy atom. The molecule has 1 aromatic carbocycles. The van der Waals surface area contributed by atoms with Crippen LogP contribution < -0.4 is 5.32 Å². The van der Waals surface area contributed by atoms with Crippen molar-refractivity contribution >= 4 is 11.9 Å². The van der Waals surface area contributed by atoms with E-state index in [0.717, 1.165) is 12.1 Å². The summed E-state index contributed by atoms with van der Waals surface area (Å²) in [5.74, 6) is -1.33. The van der Waals surface area contributed by atoms with Crippen LogP contribution in [-0.4, -0.2) is 17.0 Å². The zero-order chi connectivity index (χ0) is 19.5. The quantitative estimate of drug-likeness (QED) is 0.812. The molecule has 8 heteroatoms. The SMILES string of the molecule is Cc1oc(CNC(=O)C(C)Cc2ccc(C(F)(F)F)cc2)cc1C(=O)O. The maximum atomic E-state index is 12.5. The predicted octanol–water partition coefficient (Wildman–Crippen LogP) is 3.80. The molecule has 0 spiro atoms. The fraction of sp³-hybridized carbons (Fsp3) is 0.333. The first-order valence-electron chi connectivity index (χ1n) is 7.84. The maximum absolute atomic E-state index is 12.5. The number of carboxylic acid groups (broad SMARTS) is 1. The zero-order valence-electron chi connectivity index (χ0n) is 14.2. The third-order valence-corrected chi connectivity index (χ3v) is 3.91. The molecule has 0 aliphatic rings. The van der Waals surface area contributed by atoms with Gasteiger partial charge in [0.1, 0.15) is 17.1 Å². The second kappa shape index (κ2) is 7.63. The number of amides is 1. The second-order valence-corrected chi connectivity index (χ2v) is 6.01. The van der Waals surface area contributed by atoms with Gasteiger partial charge in [0, 0.05) is 5.92 Å². The Balaban J connectivity index is 1.91. The minimum Gasteiger partial charge on any atom is -0.478 e. The van der Waals surface area contributed by atoms with Crippen LogP contribution in [-0.2, 0) is 23.9 Å². The van der Waals surface area contributed by atoms with Crippen LogP contribution in [0, 0.1) is 12.8 Å². The normalized spacial score (nSPS) is 12.7. The van der Waals surface area contributed by atoms with E-state index in [1.165, 1.54) is 25.1 Å². The summed E-state index contributed by atoms with van der Waals surface area (Å²) in [4.78, 5) is 23.1. The van der Waals surface area contributed by atoms with E-state index >= 15 is 0 Å². The lowest BCUT2D eigenvalue weighted by Crippen LogP contribution is -2.29. The summed E-state index contributed by atoms with van der Waals surface area (Å²) < 4.78 is 42.9. The lowest BCUT2D eigenvalue weighted by Gasteiger charge is -2.12. The van der Waals surface area contributed by atoms with Crippen LogP contribution >= 0.6 is 0 Å². The molecule has 0 saturated carbocycles. The largest absolute Gasteiger partial charge is 0.478 e. The van der Waals surface area contributed by atoms with Crippen molar-refractivity contribution in [2.45, 2.75) is 33.0 Å². The van der Waals surface area contributed by atoms with Gasteiger partial charge in [-0.25, -0.2) is 4.79 Å². The topological polar surface area (TPSA) is 79.5 Å². The highest BCUT2D eigenvalue weighted by Gasteiger charge is 2.30. The Bertz CT molecular complexity index is 794. The Labute approximate surface area is 147 Å². The molecule has 140 valence electrons. The van der Waals surface area contributed by atoms with E-state index in [9.17, 15) is 22.8 Å². The predicted molar refractivity (Wildman–Crippen MR) is 86.6 cm³/mol. The minimum atomic E-state index is -4.39. The standard InChI is InChI=1S/C18H18F3NO4/c1-10(7-12-3-5-13(6-4-12)18(19,20)21)16(23)22-9-14-8-15(17(24)25)11(2)26-14/h3-6,8,10H,7,9H2,1-2H3,(H,22,23)(H,24,25). The Morgan fingerprint density at radius 1 is 1.23 bits per heavy atom. The molecule has 2 rings (SSSR count). The Hall–Kier alpha value is -2.77. The lowest BCUT2D eigenvalue weighted by atomic mass is 9.99. The van der Waals surface area contributed by atoms with Gasteiger partial charge in [0.2, 0.25) is 5.91 Å². The van der Waals surface area contributed by atoms with Crippen molar-refractivity contribution in [1.29, 1.82) is 0 Å². The molecule has 5 nitrogen and oxygen atoms in total. The van der Waals surface area contributed by atoms with Gasteiger partial charge in [-0.05, 0) is 37.1 Å². The molecule has 1 amide bonds. The van der Waals surface area contributed by atoms with Crippen LogP contribution in [0.5, 0.6) is 0 Å². The summed E-state index contributed by atoms with van der Waals surface area (Å²) in [5, 5.41) is 11.6. The third-order valence-electron chi connectivity index (χ3n) is 3.91. The summed E-state index contributed by atoms with van der Waals surface area (Å²) in [7, 11) is 0. The van der Waals surface area contributed by atoms with Gasteiger partial charge in [-0.15, -0.1) is 0 Å². The molecule has 1 unspecified atom stereocenters. The number of nitrogens with one attached hydrogen (secondary N) is 1. The van der Waals surface area contributed by atoms with Gasteiger partial charge in [0.15, 0.2) is 0 Å². The van der Waals surface area contributed by atoms with Crippen LogP contribution in [0.1, 0.15) is 39.9 Å². The number of hydrogen-bond acceptors (Lipinski definition) is 3. The molecule has 0 saturated heterocycles. The molecular formula is C18H18F3NO4. The van der Waals surface area contributed by atoms with E-state index in [2.05, 4.69) is 5.32 Å². The number of carboxylic acids is 1. The van der Waals surface area contributed by atoms with Gasteiger partial charge in [0.05, 0.1) is 12.1 Å². The maximum Gasteiger partial charge on any atom is 0.416 e. The summed E-state index contributed by atoms with van der Waals surface area (Å²) in [5.41, 5.74) is -0.0875. The summed E-state index contributed by atoms with van der Waals surface area (Å²) in [6.45, 7) is 3.20. The molecule has 0 fully saturated rings. The van der Waals surface area contributed by atoms with Gasteiger partial charge >= 0.3 is 12.1 Å². The molecule has 0 aliphatic heterocycles. The molecule has 1 atom stereocenters. The molecule has 2 N–H and O–H groups in total. The Morgan fingerprint density at radius 2 is 1.85 bits per heavy atom. The van der Waals surface area contributed by atoms with E-state index in [1.54, 1.807) is 6.92 Å². The third kappa shape index (κ3) is 4.87. The van der Waals surface area contributed by atoms with Crippen LogP contribution in [0.15, 0.2) is 34.7 Å². The first-order chi connectivity index (χ1) is 12.1. The highest BCUT2D eigenvalue weighted by atomic mass is 19.4. The van der Waals surface area contributed by atoms with Gasteiger partial charge in [-0.2, -0.15) is 13.2 Å². The van der Waals surface area contributed by atoms with Gasteiger partial charge < -0.3 is 14.8 Å². The Kier molecular flexibility index (Phi) is 5.74. The number of halogens is 3. The van der Waals surface area contributed by atoms with Crippen LogP contribution in [0.2, 0.25) is 0 Å². The number of benzene rings is 1. The smallest absolute Gasteiger partial charge is 0.416 e. The first-order valence-corrected chi connectivity index (χ1v) is 7.84. The monoisotopic (exact) mass is 369 g/mol. The van der Waals surface area contributed by atoms with E-state index < -0.39 is 23.6 Å². The van der Waals surface area contributed by atoms with E-state index in [4.69, 9.17) is 9.52 Å². The van der Waals surface area contributed by atoms with Crippen molar-refractivity contribution in [3.05, 3.63) is 58.5 Å². The number of aryl methyl sites for hydroxylation is 1. The number of carbonyl (C=O) groups is 2. The molecule has 0 aliphatic carbocycles. The molecule has 2 aromatic rings. The van der Waals surface area contributed by atoms with Crippen LogP contribution in [0.4, 0.5) is 13.2 Å². The van der Waals surface area contributed by atoms with Crippen molar-refractivity contribution in [3.8, 4) is 0 Å². The first kappa shape index (κ1) is 19.6. The van der Waals surface area contributed by atoms with Crippen molar-refractivity contribution in [2.75, 3.05) is 0 Å². The summed E-state index contributed by atoms with van der Waals surface area (Å²) in [6.07, 6.45) is -4.11. The average Bonchev–Trinajstić information content (AvgIpc) is 2.93. The fourth-order valence-electron chi connectivity index (χ4n) is 2.47. The summed E-state index contributed by atoms with van der Waals surface area (Å²) in [6, 6.07) is 6.01. The van der Waals surface area contributed by atoms with Gasteiger partial charge in [0.25, 0.3) is 0 Å². The number of alkyl halides is 3. The number of aromatic carboxylic acids is 1. The van der Waals surface area contributed by atoms with Gasteiger partial charge in [-0.3, -0.25) is 4.79 Å². The van der Waals surface area contributed by atoms with Crippen molar-refractivity contribution in [2.24, 2.45) is 5.92 Å². The van der Waals surface area contributed by atoms with Crippen LogP contribution in [0.25, 0.3) is 0 Å². The number of hydrogen-bond donors (Lipinski definition) is 2. The minimum absolute atomic E-state index is 0.0320. The molecule has 0 bridgehead atoms. The highest BCUT2D eigenvalue weighted by molar-refractivity contribution is 5.88. The zero-order valence-corrected chi connectivity index (χ0v) is 14.2. The van der Waals surface area contributed by atoms with Crippen LogP contribution in [0.3, 0.4) is 0 Å². The second-order valence-electron chi connectivity index (χ2n) is 6.01. The lowest BCUT2D eigenvalue weighted by molar-refractivity contribution is -0.137. The molecule has 1 aromatic heterocycles. The average molecular weight is 369 g/mol. The van der Waals surface area contributed by atoms with E-state index in [0.29, 0.717) is 11.3 Å². The number of carbonyl (C=O) groups excluding carboxylic acids is 1. The molecule has 0 radical (unpaired) electrons. The van der Waals surface area contributed by atoms with Crippen molar-refractivity contribution in [1.82, 2.24) is 5.32 Å².